The number of primary amides is 1. The van der Waals surface area contributed by atoms with Crippen molar-refractivity contribution in [2.75, 3.05) is 19.6 Å². The lowest BCUT2D eigenvalue weighted by Crippen LogP contribution is -2.61. The molecule has 0 radical (unpaired) electrons. The molecule has 0 bridgehead atoms. The van der Waals surface area contributed by atoms with Gasteiger partial charge in [-0.3, -0.25) is 52.7 Å². The summed E-state index contributed by atoms with van der Waals surface area (Å²) in [5, 5.41) is 29.5. The van der Waals surface area contributed by atoms with Crippen LogP contribution in [-0.4, -0.2) is 177 Å². The third kappa shape index (κ3) is 16.3. The van der Waals surface area contributed by atoms with Crippen LogP contribution in [0.5, 0.6) is 0 Å². The largest absolute Gasteiger partial charge is 0.391 e. The lowest BCUT2D eigenvalue weighted by molar-refractivity contribution is -0.145. The molecular weight excluding hydrogens is 1080 g/mol. The van der Waals surface area contributed by atoms with Crippen LogP contribution in [0.3, 0.4) is 0 Å². The molecule has 84 heavy (non-hydrogen) atoms. The second-order valence-corrected chi connectivity index (χ2v) is 22.7. The van der Waals surface area contributed by atoms with Crippen LogP contribution in [-0.2, 0) is 72.0 Å². The maximum atomic E-state index is 14.1. The molecule has 4 heterocycles. The highest BCUT2D eigenvalue weighted by Crippen LogP contribution is 2.33. The summed E-state index contributed by atoms with van der Waals surface area (Å²) >= 11 is 0. The normalized spacial score (nSPS) is 21.8. The van der Waals surface area contributed by atoms with Crippen molar-refractivity contribution in [1.82, 2.24) is 51.9 Å². The first-order chi connectivity index (χ1) is 40.1. The van der Waals surface area contributed by atoms with Crippen molar-refractivity contribution >= 4 is 65.0 Å². The molecule has 12 N–H and O–H groups in total. The summed E-state index contributed by atoms with van der Waals surface area (Å²) in [6, 6.07) is 15.5. The van der Waals surface area contributed by atoms with Crippen molar-refractivity contribution in [2.24, 2.45) is 17.4 Å². The highest BCUT2D eigenvalue weighted by molar-refractivity contribution is 5.99. The van der Waals surface area contributed by atoms with Crippen molar-refractivity contribution in [1.29, 1.82) is 0 Å². The summed E-state index contributed by atoms with van der Waals surface area (Å²) in [6.45, 7) is 6.11. The standard InChI is InChI=1S/C60H80N12O12/c1-34(2)49(68-53(77)41(61)29-37-17-8-5-9-18-37)60(84)71-28-16-26-46(71)57(81)69-50(36(4)73)58(82)67-44-32-40-23-14-24-47(72(40)59(44)83)55(79)63-33-48(74)70-27-15-25-45(70)56(80)66-43(31-39-21-12-7-13-22-39)54(78)64-35(3)52(76)65-42(51(62)75)30-38-19-10-6-11-20-38/h5-13,17-22,34-36,40-47,49-50,73H,14-16,23-33,61H2,1-4H3,(H2,62,75)(H,63,79)(H,64,78)(H,65,76)(H,66,80)(H,67,82)(H,68,77)(H,69,81)/t35-,36-,40+,41-,42-,43-,44-,45-,46-,47-,49-,50-/m0/s1. The van der Waals surface area contributed by atoms with Gasteiger partial charge >= 0.3 is 0 Å². The molecule has 4 fully saturated rings. The van der Waals surface area contributed by atoms with E-state index in [1.807, 2.05) is 36.4 Å². The fourth-order valence-corrected chi connectivity index (χ4v) is 11.5. The molecule has 12 atom stereocenters. The van der Waals surface area contributed by atoms with Gasteiger partial charge in [0, 0.05) is 32.0 Å². The van der Waals surface area contributed by atoms with Gasteiger partial charge in [0.25, 0.3) is 0 Å². The molecule has 4 saturated heterocycles. The zero-order chi connectivity index (χ0) is 60.8. The summed E-state index contributed by atoms with van der Waals surface area (Å²) in [7, 11) is 0. The van der Waals surface area contributed by atoms with Crippen molar-refractivity contribution in [3.8, 4) is 0 Å². The van der Waals surface area contributed by atoms with Crippen LogP contribution in [0.2, 0.25) is 0 Å². The molecular formula is C60H80N12O12. The van der Waals surface area contributed by atoms with Gasteiger partial charge < -0.3 is 68.5 Å². The van der Waals surface area contributed by atoms with Crippen LogP contribution in [0.15, 0.2) is 91.0 Å². The van der Waals surface area contributed by atoms with Crippen molar-refractivity contribution in [3.05, 3.63) is 108 Å². The molecule has 4 aliphatic heterocycles. The molecule has 11 amide bonds. The fraction of sp³-hybridized carbons (Fsp3) is 0.517. The Morgan fingerprint density at radius 1 is 0.571 bits per heavy atom. The maximum absolute atomic E-state index is 14.1. The van der Waals surface area contributed by atoms with E-state index >= 15 is 0 Å². The number of piperidine rings is 1. The van der Waals surface area contributed by atoms with Crippen molar-refractivity contribution in [2.45, 2.75) is 171 Å². The van der Waals surface area contributed by atoms with Gasteiger partial charge in [0.2, 0.25) is 65.0 Å². The second kappa shape index (κ2) is 29.3. The van der Waals surface area contributed by atoms with Crippen LogP contribution in [0.25, 0.3) is 0 Å². The van der Waals surface area contributed by atoms with Crippen LogP contribution in [0, 0.1) is 5.92 Å². The number of aliphatic hydroxyl groups excluding tert-OH is 1. The Morgan fingerprint density at radius 3 is 1.68 bits per heavy atom. The van der Waals surface area contributed by atoms with E-state index in [0.29, 0.717) is 31.2 Å². The predicted molar refractivity (Wildman–Crippen MR) is 307 cm³/mol. The van der Waals surface area contributed by atoms with E-state index in [2.05, 4.69) is 37.2 Å². The molecule has 7 rings (SSSR count). The van der Waals surface area contributed by atoms with E-state index in [0.717, 1.165) is 11.1 Å². The molecule has 24 nitrogen and oxygen atoms in total. The summed E-state index contributed by atoms with van der Waals surface area (Å²) in [4.78, 5) is 155. The first kappa shape index (κ1) is 63.3. The number of likely N-dealkylation sites (tertiary alicyclic amines) is 2. The van der Waals surface area contributed by atoms with Crippen molar-refractivity contribution in [3.63, 3.8) is 0 Å². The average Bonchev–Trinajstić information content (AvgIpc) is 3.80. The first-order valence-electron chi connectivity index (χ1n) is 29.0. The molecule has 452 valence electrons. The Hall–Kier alpha value is -8.25. The van der Waals surface area contributed by atoms with E-state index in [-0.39, 0.29) is 64.0 Å². The number of hydrogen-bond donors (Lipinski definition) is 10. The van der Waals surface area contributed by atoms with Crippen LogP contribution in [0.1, 0.15) is 95.8 Å². The van der Waals surface area contributed by atoms with Crippen LogP contribution >= 0.6 is 0 Å². The number of fused-ring (bicyclic) bond motifs is 1. The molecule has 0 saturated carbocycles. The predicted octanol–water partition coefficient (Wildman–Crippen LogP) is -1.26. The molecule has 4 aliphatic rings. The molecule has 0 aliphatic carbocycles. The minimum Gasteiger partial charge on any atom is -0.391 e. The number of nitrogens with zero attached hydrogens (tertiary/aromatic N) is 3. The molecule has 24 heteroatoms. The molecule has 3 aromatic carbocycles. The zero-order valence-corrected chi connectivity index (χ0v) is 48.0. The number of nitrogens with one attached hydrogen (secondary N) is 7. The number of aliphatic hydroxyl groups is 1. The van der Waals surface area contributed by atoms with Gasteiger partial charge in [-0.05, 0) is 94.2 Å². The maximum Gasteiger partial charge on any atom is 0.246 e. The second-order valence-electron chi connectivity index (χ2n) is 22.7. The van der Waals surface area contributed by atoms with Gasteiger partial charge in [-0.25, -0.2) is 0 Å². The molecule has 0 unspecified atom stereocenters. The number of carbonyl (C=O) groups is 11. The lowest BCUT2D eigenvalue weighted by Gasteiger charge is -2.36. The quantitative estimate of drug-likeness (QED) is 0.0475. The van der Waals surface area contributed by atoms with Gasteiger partial charge in [-0.15, -0.1) is 0 Å². The van der Waals surface area contributed by atoms with Crippen molar-refractivity contribution < 1.29 is 57.8 Å². The average molecular weight is 1160 g/mol. The van der Waals surface area contributed by atoms with Crippen LogP contribution in [0.4, 0.5) is 0 Å². The number of amides is 11. The Morgan fingerprint density at radius 2 is 1.11 bits per heavy atom. The van der Waals surface area contributed by atoms with Gasteiger partial charge in [-0.2, -0.15) is 0 Å². The fourth-order valence-electron chi connectivity index (χ4n) is 11.5. The van der Waals surface area contributed by atoms with E-state index in [9.17, 15) is 57.8 Å². The van der Waals surface area contributed by atoms with E-state index in [4.69, 9.17) is 11.5 Å². The zero-order valence-electron chi connectivity index (χ0n) is 48.0. The molecule has 0 aromatic heterocycles. The van der Waals surface area contributed by atoms with Gasteiger partial charge in [0.15, 0.2) is 0 Å². The minimum absolute atomic E-state index is 0.0280. The summed E-state index contributed by atoms with van der Waals surface area (Å²) in [6.07, 6.45) is 1.80. The highest BCUT2D eigenvalue weighted by Gasteiger charge is 2.49. The summed E-state index contributed by atoms with van der Waals surface area (Å²) < 4.78 is 0. The Balaban J connectivity index is 0.915. The third-order valence-corrected chi connectivity index (χ3v) is 16.1. The van der Waals surface area contributed by atoms with Gasteiger partial charge in [0.1, 0.15) is 54.4 Å². The smallest absolute Gasteiger partial charge is 0.246 e. The Labute approximate surface area is 488 Å². The monoisotopic (exact) mass is 1160 g/mol. The highest BCUT2D eigenvalue weighted by atomic mass is 16.3. The summed E-state index contributed by atoms with van der Waals surface area (Å²) in [5.41, 5.74) is 14.1. The van der Waals surface area contributed by atoms with E-state index < -0.39 is 144 Å². The first-order valence-corrected chi connectivity index (χ1v) is 29.0. The third-order valence-electron chi connectivity index (χ3n) is 16.1. The molecule has 3 aromatic rings. The van der Waals surface area contributed by atoms with Gasteiger partial charge in [0.05, 0.1) is 18.7 Å². The molecule has 0 spiro atoms. The number of nitrogens with two attached hydrogens (primary N) is 2. The number of carbonyl (C=O) groups excluding carboxylic acids is 11. The lowest BCUT2D eigenvalue weighted by atomic mass is 9.95. The SMILES string of the molecule is CC(C)[C@H](NC(=O)[C@@H](N)Cc1ccccc1)C(=O)N1CCC[C@H]1C(=O)N[C@H](C(=O)N[C@H]1C[C@H]2CCC[C@@H](C(=O)NCC(=O)N3CCC[C@H]3C(=O)N[C@@H](Cc3ccccc3)C(=O)N[C@@H](C)C(=O)N[C@@H](Cc3ccccc3)C(N)=O)N2C1=O)[C@H](C)O. The van der Waals surface area contributed by atoms with E-state index in [1.54, 1.807) is 68.4 Å². The summed E-state index contributed by atoms with van der Waals surface area (Å²) in [5.74, 6) is -7.50. The van der Waals surface area contributed by atoms with Gasteiger partial charge in [-0.1, -0.05) is 105 Å². The number of rotatable bonds is 25. The number of benzene rings is 3. The number of hydrogen-bond acceptors (Lipinski definition) is 13. The Kier molecular flexibility index (Phi) is 22.1. The van der Waals surface area contributed by atoms with Crippen LogP contribution < -0.4 is 48.7 Å². The topological polar surface area (TPSA) is 354 Å². The minimum atomic E-state index is -1.54. The van der Waals surface area contributed by atoms with E-state index in [1.165, 1.54) is 28.5 Å². The Bertz CT molecular complexity index is 2860.